The van der Waals surface area contributed by atoms with E-state index in [1.54, 1.807) is 0 Å². The first-order chi connectivity index (χ1) is 22.1. The highest BCUT2D eigenvalue weighted by molar-refractivity contribution is 5.69. The molecule has 7 heteroatoms. The molecule has 0 spiro atoms. The van der Waals surface area contributed by atoms with Crippen LogP contribution in [0.2, 0.25) is 0 Å². The molecule has 47 heavy (non-hydrogen) atoms. The Morgan fingerprint density at radius 3 is 1.81 bits per heavy atom. The smallest absolute Gasteiger partial charge is 0.305 e. The first-order valence-corrected chi connectivity index (χ1v) is 16.7. The molecule has 3 N–H and O–H groups in total. The third-order valence-electron chi connectivity index (χ3n) is 7.39. The van der Waals surface area contributed by atoms with Crippen LogP contribution in [0.15, 0.2) is 107 Å². The first kappa shape index (κ1) is 42.0. The molecule has 0 radical (unpaired) electrons. The highest BCUT2D eigenvalue weighted by atomic mass is 16.7. The summed E-state index contributed by atoms with van der Waals surface area (Å²) in [6.45, 7) is 17.9. The van der Waals surface area contributed by atoms with Gasteiger partial charge in [-0.2, -0.15) is 0 Å². The van der Waals surface area contributed by atoms with Gasteiger partial charge in [-0.1, -0.05) is 114 Å². The van der Waals surface area contributed by atoms with Crippen molar-refractivity contribution in [1.82, 2.24) is 0 Å². The zero-order valence-corrected chi connectivity index (χ0v) is 30.1. The number of ether oxygens (including phenoxy) is 3. The maximum Gasteiger partial charge on any atom is 0.305 e. The number of carbonyl (C=O) groups is 1. The Morgan fingerprint density at radius 1 is 0.723 bits per heavy atom. The molecular formula is C40H60O7. The van der Waals surface area contributed by atoms with Crippen LogP contribution in [0, 0.1) is 0 Å². The van der Waals surface area contributed by atoms with E-state index >= 15 is 0 Å². The molecule has 0 saturated carbocycles. The second-order valence-corrected chi connectivity index (χ2v) is 13.1. The van der Waals surface area contributed by atoms with E-state index in [-0.39, 0.29) is 13.0 Å². The van der Waals surface area contributed by atoms with Gasteiger partial charge in [0, 0.05) is 6.42 Å². The molecule has 1 heterocycles. The van der Waals surface area contributed by atoms with Crippen LogP contribution >= 0.6 is 0 Å². The molecule has 7 nitrogen and oxygen atoms in total. The lowest BCUT2D eigenvalue weighted by Gasteiger charge is -2.42. The van der Waals surface area contributed by atoms with Crippen LogP contribution in [0.3, 0.4) is 0 Å². The molecule has 1 fully saturated rings. The van der Waals surface area contributed by atoms with Gasteiger partial charge in [0.15, 0.2) is 6.29 Å². The van der Waals surface area contributed by atoms with Gasteiger partial charge < -0.3 is 29.5 Å². The highest BCUT2D eigenvalue weighted by Gasteiger charge is 2.46. The second kappa shape index (κ2) is 22.5. The summed E-state index contributed by atoms with van der Waals surface area (Å²) >= 11 is 0. The van der Waals surface area contributed by atoms with Gasteiger partial charge in [0.1, 0.15) is 31.0 Å². The van der Waals surface area contributed by atoms with E-state index in [1.165, 1.54) is 22.3 Å². The van der Waals surface area contributed by atoms with Crippen molar-refractivity contribution in [3.63, 3.8) is 0 Å². The van der Waals surface area contributed by atoms with Crippen molar-refractivity contribution in [1.29, 1.82) is 0 Å². The molecule has 5 atom stereocenters. The molecule has 0 aromatic heterocycles. The van der Waals surface area contributed by atoms with Gasteiger partial charge in [-0.15, -0.1) is 0 Å². The van der Waals surface area contributed by atoms with E-state index in [0.717, 1.165) is 18.4 Å². The zero-order chi connectivity index (χ0) is 35.4. The summed E-state index contributed by atoms with van der Waals surface area (Å²) in [6.07, 6.45) is 23.8. The van der Waals surface area contributed by atoms with Crippen LogP contribution < -0.4 is 0 Å². The molecule has 262 valence electrons. The second-order valence-electron chi connectivity index (χ2n) is 13.1. The van der Waals surface area contributed by atoms with Crippen LogP contribution in [0.5, 0.6) is 0 Å². The zero-order valence-electron chi connectivity index (χ0n) is 30.1. The number of rotatable bonds is 18. The standard InChI is InChI=1S/C40H60O7/c1-10-17-35(41)45-28-34-36(42)37(43)38(44)39(46-34)47-40(8,9)27-16-26-33(7)25-15-23-31(5)20-12-11-19-30(4)22-14-24-32(6)21-13-18-29(2)3/h11-15,18-25,34,36-39,42-44H,10,16-17,26-28H2,1-9H3/b12-11+,21-13+,22-14+,23-15+,30-19+,31-20+,32-24+,33-25+/t34-,36-,37+,38-,39+/m1/s1. The number of allylic oxidation sites excluding steroid dienone is 18. The fourth-order valence-corrected chi connectivity index (χ4v) is 4.54. The largest absolute Gasteiger partial charge is 0.463 e. The predicted molar refractivity (Wildman–Crippen MR) is 193 cm³/mol. The minimum absolute atomic E-state index is 0.228. The number of aliphatic hydroxyl groups excluding tert-OH is 3. The molecule has 1 rings (SSSR count). The average molecular weight is 653 g/mol. The normalized spacial score (nSPS) is 23.9. The fourth-order valence-electron chi connectivity index (χ4n) is 4.54. The lowest BCUT2D eigenvalue weighted by atomic mass is 9.96. The van der Waals surface area contributed by atoms with Gasteiger partial charge in [0.2, 0.25) is 0 Å². The third-order valence-corrected chi connectivity index (χ3v) is 7.39. The van der Waals surface area contributed by atoms with E-state index in [9.17, 15) is 20.1 Å². The number of carbonyl (C=O) groups excluding carboxylic acids is 1. The molecule has 0 unspecified atom stereocenters. The van der Waals surface area contributed by atoms with Gasteiger partial charge in [0.05, 0.1) is 5.60 Å². The SMILES string of the molecule is CCCC(=O)OC[C@H]1O[C@@H](OC(C)(C)CCC/C(C)=C/C=C/C(C)=C/C=C/C=C(C)/C=C/C=C(C)/C=C/C=C(C)C)[C@H](O)[C@@H](O)[C@@H]1O. The monoisotopic (exact) mass is 652 g/mol. The highest BCUT2D eigenvalue weighted by Crippen LogP contribution is 2.29. The molecule has 0 aliphatic carbocycles. The Labute approximate surface area is 284 Å². The number of esters is 1. The maximum atomic E-state index is 11.7. The van der Waals surface area contributed by atoms with E-state index < -0.39 is 42.3 Å². The summed E-state index contributed by atoms with van der Waals surface area (Å²) in [5, 5.41) is 31.1. The van der Waals surface area contributed by atoms with Crippen LogP contribution in [-0.2, 0) is 19.0 Å². The lowest BCUT2D eigenvalue weighted by molar-refractivity contribution is -0.324. The quantitative estimate of drug-likeness (QED) is 0.102. The Hall–Kier alpha value is -3.07. The predicted octanol–water partition coefficient (Wildman–Crippen LogP) is 8.08. The lowest BCUT2D eigenvalue weighted by Crippen LogP contribution is -2.60. The van der Waals surface area contributed by atoms with E-state index in [2.05, 4.69) is 102 Å². The molecule has 1 aliphatic rings. The summed E-state index contributed by atoms with van der Waals surface area (Å²) in [4.78, 5) is 11.7. The minimum atomic E-state index is -1.48. The summed E-state index contributed by atoms with van der Waals surface area (Å²) in [7, 11) is 0. The van der Waals surface area contributed by atoms with Crippen LogP contribution in [-0.4, -0.2) is 64.2 Å². The molecule has 0 aromatic carbocycles. The average Bonchev–Trinajstić information content (AvgIpc) is 2.98. The van der Waals surface area contributed by atoms with Crippen molar-refractivity contribution in [3.8, 4) is 0 Å². The molecule has 0 aromatic rings. The fraction of sp³-hybridized carbons (Fsp3) is 0.525. The van der Waals surface area contributed by atoms with Crippen molar-refractivity contribution >= 4 is 5.97 Å². The Balaban J connectivity index is 2.56. The number of hydrogen-bond donors (Lipinski definition) is 3. The molecule has 0 bridgehead atoms. The summed E-state index contributed by atoms with van der Waals surface area (Å²) in [5.74, 6) is -0.409. The van der Waals surface area contributed by atoms with Crippen molar-refractivity contribution in [2.45, 2.75) is 131 Å². The van der Waals surface area contributed by atoms with E-state index in [0.29, 0.717) is 12.8 Å². The van der Waals surface area contributed by atoms with Crippen molar-refractivity contribution in [2.24, 2.45) is 0 Å². The van der Waals surface area contributed by atoms with Gasteiger partial charge >= 0.3 is 5.97 Å². The van der Waals surface area contributed by atoms with Gasteiger partial charge in [-0.25, -0.2) is 0 Å². The number of aliphatic hydroxyl groups is 3. The van der Waals surface area contributed by atoms with E-state index in [1.807, 2.05) is 39.0 Å². The molecule has 1 saturated heterocycles. The summed E-state index contributed by atoms with van der Waals surface area (Å²) in [6, 6.07) is 0. The van der Waals surface area contributed by atoms with E-state index in [4.69, 9.17) is 14.2 Å². The summed E-state index contributed by atoms with van der Waals surface area (Å²) in [5.41, 5.74) is 5.34. The maximum absolute atomic E-state index is 11.7. The van der Waals surface area contributed by atoms with Crippen molar-refractivity contribution in [3.05, 3.63) is 107 Å². The van der Waals surface area contributed by atoms with Crippen molar-refractivity contribution in [2.75, 3.05) is 6.61 Å². The van der Waals surface area contributed by atoms with Crippen molar-refractivity contribution < 1.29 is 34.3 Å². The Kier molecular flexibility index (Phi) is 20.1. The van der Waals surface area contributed by atoms with Gasteiger partial charge in [-0.05, 0) is 81.1 Å². The van der Waals surface area contributed by atoms with Crippen LogP contribution in [0.4, 0.5) is 0 Å². The first-order valence-electron chi connectivity index (χ1n) is 16.7. The Bertz CT molecular complexity index is 1230. The van der Waals surface area contributed by atoms with Crippen LogP contribution in [0.1, 0.15) is 94.4 Å². The minimum Gasteiger partial charge on any atom is -0.463 e. The molecular weight excluding hydrogens is 592 g/mol. The number of hydrogen-bond acceptors (Lipinski definition) is 7. The van der Waals surface area contributed by atoms with Gasteiger partial charge in [-0.3, -0.25) is 4.79 Å². The van der Waals surface area contributed by atoms with Crippen LogP contribution in [0.25, 0.3) is 0 Å². The molecule has 0 amide bonds. The third kappa shape index (κ3) is 18.8. The summed E-state index contributed by atoms with van der Waals surface area (Å²) < 4.78 is 16.9. The molecule has 1 aliphatic heterocycles. The topological polar surface area (TPSA) is 105 Å². The van der Waals surface area contributed by atoms with Gasteiger partial charge in [0.25, 0.3) is 0 Å². The Morgan fingerprint density at radius 2 is 1.26 bits per heavy atom.